The summed E-state index contributed by atoms with van der Waals surface area (Å²) in [6.07, 6.45) is 5.61. The van der Waals surface area contributed by atoms with Crippen LogP contribution in [0.25, 0.3) is 0 Å². The second kappa shape index (κ2) is 9.45. The van der Waals surface area contributed by atoms with Crippen LogP contribution in [-0.2, 0) is 4.79 Å². The molecule has 3 rings (SSSR count). The van der Waals surface area contributed by atoms with Crippen LogP contribution >= 0.6 is 11.3 Å². The number of hydrogen-bond donors (Lipinski definition) is 1. The first-order chi connectivity index (χ1) is 13.8. The van der Waals surface area contributed by atoms with E-state index < -0.39 is 0 Å². The molecule has 29 heavy (non-hydrogen) atoms. The highest BCUT2D eigenvalue weighted by Crippen LogP contribution is 2.29. The number of likely N-dealkylation sites (tertiary alicyclic amines) is 1. The third-order valence-electron chi connectivity index (χ3n) is 5.00. The molecule has 1 fully saturated rings. The summed E-state index contributed by atoms with van der Waals surface area (Å²) in [6, 6.07) is 2.00. The Morgan fingerprint density at radius 1 is 1.31 bits per heavy atom. The van der Waals surface area contributed by atoms with E-state index in [-0.39, 0.29) is 11.8 Å². The molecule has 1 amide bonds. The Morgan fingerprint density at radius 3 is 2.79 bits per heavy atom. The van der Waals surface area contributed by atoms with Crippen molar-refractivity contribution < 1.29 is 4.79 Å². The molecule has 1 N–H and O–H groups in total. The number of carbonyl (C=O) groups is 1. The fraction of sp³-hybridized carbons (Fsp3) is 0.524. The van der Waals surface area contributed by atoms with Gasteiger partial charge in [-0.15, -0.1) is 11.3 Å². The molecule has 1 atom stereocenters. The van der Waals surface area contributed by atoms with Gasteiger partial charge >= 0.3 is 0 Å². The van der Waals surface area contributed by atoms with Crippen LogP contribution in [-0.4, -0.2) is 64.4 Å². The largest absolute Gasteiger partial charge is 0.339 e. The summed E-state index contributed by atoms with van der Waals surface area (Å²) in [6.45, 7) is 8.23. The van der Waals surface area contributed by atoms with Crippen LogP contribution < -0.4 is 5.32 Å². The number of amides is 1. The van der Waals surface area contributed by atoms with Crippen molar-refractivity contribution in [3.05, 3.63) is 40.3 Å². The number of piperidine rings is 1. The lowest BCUT2D eigenvalue weighted by molar-refractivity contribution is -0.127. The van der Waals surface area contributed by atoms with Gasteiger partial charge in [0.05, 0.1) is 11.4 Å². The van der Waals surface area contributed by atoms with Crippen molar-refractivity contribution in [2.75, 3.05) is 39.0 Å². The van der Waals surface area contributed by atoms with Gasteiger partial charge in [0, 0.05) is 42.6 Å². The van der Waals surface area contributed by atoms with Gasteiger partial charge in [-0.05, 0) is 47.7 Å². The molecule has 1 saturated heterocycles. The Hall–Kier alpha value is -2.32. The Kier molecular flexibility index (Phi) is 6.97. The average Bonchev–Trinajstić information content (AvgIpc) is 2.98. The van der Waals surface area contributed by atoms with Gasteiger partial charge in [-0.1, -0.05) is 6.08 Å². The molecule has 2 aromatic rings. The molecule has 8 heteroatoms. The molecule has 2 aromatic heterocycles. The highest BCUT2D eigenvalue weighted by atomic mass is 32.1. The first-order valence-corrected chi connectivity index (χ1v) is 10.8. The molecule has 0 aliphatic carbocycles. The highest BCUT2D eigenvalue weighted by molar-refractivity contribution is 7.15. The number of thiazole rings is 1. The number of nitrogens with zero attached hydrogens (tertiary/aromatic N) is 5. The molecule has 0 aromatic carbocycles. The van der Waals surface area contributed by atoms with Crippen molar-refractivity contribution in [1.82, 2.24) is 24.8 Å². The van der Waals surface area contributed by atoms with Gasteiger partial charge in [-0.2, -0.15) is 0 Å². The van der Waals surface area contributed by atoms with E-state index in [0.29, 0.717) is 6.54 Å². The molecule has 1 aliphatic rings. The van der Waals surface area contributed by atoms with Crippen LogP contribution in [0, 0.1) is 20.8 Å². The van der Waals surface area contributed by atoms with Crippen molar-refractivity contribution >= 4 is 28.2 Å². The van der Waals surface area contributed by atoms with Crippen molar-refractivity contribution in [1.29, 1.82) is 0 Å². The molecule has 1 aliphatic heterocycles. The number of aromatic nitrogens is 3. The molecular formula is C21H30N6OS. The lowest BCUT2D eigenvalue weighted by Crippen LogP contribution is -2.38. The number of nitrogens with one attached hydrogen (secondary N) is 1. The Balaban J connectivity index is 1.71. The topological polar surface area (TPSA) is 74.2 Å². The molecule has 0 radical (unpaired) electrons. The van der Waals surface area contributed by atoms with Crippen molar-refractivity contribution in [3.8, 4) is 0 Å². The molecule has 0 unspecified atom stereocenters. The Labute approximate surface area is 176 Å². The van der Waals surface area contributed by atoms with Gasteiger partial charge in [-0.25, -0.2) is 15.0 Å². The number of rotatable bonds is 6. The van der Waals surface area contributed by atoms with Gasteiger partial charge < -0.3 is 15.1 Å². The molecule has 0 spiro atoms. The maximum absolute atomic E-state index is 12.5. The van der Waals surface area contributed by atoms with Crippen molar-refractivity contribution in [3.63, 3.8) is 0 Å². The minimum absolute atomic E-state index is 0.0782. The van der Waals surface area contributed by atoms with E-state index in [2.05, 4.69) is 27.2 Å². The summed E-state index contributed by atoms with van der Waals surface area (Å²) in [5, 5.41) is 4.16. The second-order valence-electron chi connectivity index (χ2n) is 7.80. The van der Waals surface area contributed by atoms with Crippen LogP contribution in [0.1, 0.15) is 40.8 Å². The summed E-state index contributed by atoms with van der Waals surface area (Å²) in [7, 11) is 3.98. The van der Waals surface area contributed by atoms with Crippen LogP contribution in [0.15, 0.2) is 18.2 Å². The molecular weight excluding hydrogens is 384 g/mol. The van der Waals surface area contributed by atoms with E-state index in [0.717, 1.165) is 54.1 Å². The molecule has 3 heterocycles. The zero-order valence-corrected chi connectivity index (χ0v) is 18.7. The fourth-order valence-electron chi connectivity index (χ4n) is 3.39. The van der Waals surface area contributed by atoms with E-state index in [1.807, 2.05) is 49.9 Å². The third kappa shape index (κ3) is 5.83. The first-order valence-electron chi connectivity index (χ1n) is 9.98. The van der Waals surface area contributed by atoms with Crippen LogP contribution in [0.2, 0.25) is 0 Å². The summed E-state index contributed by atoms with van der Waals surface area (Å²) in [5.74, 6) is 1.78. The summed E-state index contributed by atoms with van der Waals surface area (Å²) < 4.78 is 0. The number of anilines is 2. The lowest BCUT2D eigenvalue weighted by atomic mass is 9.94. The Bertz CT molecular complexity index is 872. The van der Waals surface area contributed by atoms with Crippen molar-refractivity contribution in [2.45, 2.75) is 39.5 Å². The summed E-state index contributed by atoms with van der Waals surface area (Å²) in [4.78, 5) is 31.4. The number of carbonyl (C=O) groups excluding carboxylic acids is 1. The fourth-order valence-corrected chi connectivity index (χ4v) is 4.21. The zero-order valence-electron chi connectivity index (χ0n) is 17.9. The van der Waals surface area contributed by atoms with Crippen molar-refractivity contribution in [2.24, 2.45) is 0 Å². The predicted molar refractivity (Wildman–Crippen MR) is 118 cm³/mol. The first kappa shape index (κ1) is 21.4. The van der Waals surface area contributed by atoms with Gasteiger partial charge in [0.1, 0.15) is 11.6 Å². The van der Waals surface area contributed by atoms with Gasteiger partial charge in [0.2, 0.25) is 5.91 Å². The second-order valence-corrected chi connectivity index (χ2v) is 9.00. The summed E-state index contributed by atoms with van der Waals surface area (Å²) in [5.41, 5.74) is 2.02. The third-order valence-corrected chi connectivity index (χ3v) is 5.99. The van der Waals surface area contributed by atoms with Crippen LogP contribution in [0.4, 0.5) is 10.9 Å². The SMILES string of the molecule is Cc1nc(Nc2nc(C)c(C)s2)cc([C@H]2CCCN(C(=O)/C=C/CN(C)C)C2)n1. The van der Waals surface area contributed by atoms with E-state index >= 15 is 0 Å². The molecule has 0 saturated carbocycles. The lowest BCUT2D eigenvalue weighted by Gasteiger charge is -2.32. The maximum atomic E-state index is 12.5. The number of hydrogen-bond acceptors (Lipinski definition) is 7. The van der Waals surface area contributed by atoms with E-state index in [1.54, 1.807) is 17.4 Å². The minimum Gasteiger partial charge on any atom is -0.339 e. The minimum atomic E-state index is 0.0782. The van der Waals surface area contributed by atoms with Crippen LogP contribution in [0.5, 0.6) is 0 Å². The zero-order chi connectivity index (χ0) is 21.0. The monoisotopic (exact) mass is 414 g/mol. The van der Waals surface area contributed by atoms with E-state index in [1.165, 1.54) is 4.88 Å². The summed E-state index contributed by atoms with van der Waals surface area (Å²) >= 11 is 1.62. The number of likely N-dealkylation sites (N-methyl/N-ethyl adjacent to an activating group) is 1. The highest BCUT2D eigenvalue weighted by Gasteiger charge is 2.25. The predicted octanol–water partition coefficient (Wildman–Crippen LogP) is 3.43. The van der Waals surface area contributed by atoms with Gasteiger partial charge in [0.15, 0.2) is 5.13 Å². The van der Waals surface area contributed by atoms with E-state index in [4.69, 9.17) is 0 Å². The average molecular weight is 415 g/mol. The van der Waals surface area contributed by atoms with E-state index in [9.17, 15) is 4.79 Å². The van der Waals surface area contributed by atoms with Gasteiger partial charge in [-0.3, -0.25) is 4.79 Å². The van der Waals surface area contributed by atoms with Crippen LogP contribution in [0.3, 0.4) is 0 Å². The Morgan fingerprint density at radius 2 is 2.10 bits per heavy atom. The van der Waals surface area contributed by atoms with Gasteiger partial charge in [0.25, 0.3) is 0 Å². The molecule has 0 bridgehead atoms. The standard InChI is InChI=1S/C21H30N6OS/c1-14-15(2)29-21(22-14)25-19-12-18(23-16(3)24-19)17-8-6-11-27(13-17)20(28)9-7-10-26(4)5/h7,9,12,17H,6,8,10-11,13H2,1-5H3,(H,22,23,24,25)/b9-7+/t17-/m0/s1. The normalized spacial score (nSPS) is 17.3. The molecule has 156 valence electrons. The molecule has 7 nitrogen and oxygen atoms in total. The quantitative estimate of drug-likeness (QED) is 0.730. The number of aryl methyl sites for hydroxylation is 3. The maximum Gasteiger partial charge on any atom is 0.246 e. The smallest absolute Gasteiger partial charge is 0.246 e.